The first-order valence-electron chi connectivity index (χ1n) is 9.13. The van der Waals surface area contributed by atoms with Crippen LogP contribution in [0.5, 0.6) is 0 Å². The van der Waals surface area contributed by atoms with Gasteiger partial charge in [-0.1, -0.05) is 47.7 Å². The molecular weight excluding hydrogens is 414 g/mol. The van der Waals surface area contributed by atoms with Crippen molar-refractivity contribution in [3.63, 3.8) is 0 Å². The highest BCUT2D eigenvalue weighted by molar-refractivity contribution is 8.00. The first-order valence-corrected chi connectivity index (χ1v) is 11.3. The van der Waals surface area contributed by atoms with Crippen LogP contribution in [-0.2, 0) is 4.79 Å². The maximum absolute atomic E-state index is 12.3. The van der Waals surface area contributed by atoms with Gasteiger partial charge in [-0.15, -0.1) is 0 Å². The van der Waals surface area contributed by atoms with E-state index < -0.39 is 0 Å². The maximum Gasteiger partial charge on any atom is 0.234 e. The average molecular weight is 434 g/mol. The molecule has 28 heavy (non-hydrogen) atoms. The van der Waals surface area contributed by atoms with Crippen LogP contribution in [0.25, 0.3) is 10.3 Å². The quantitative estimate of drug-likeness (QED) is 0.464. The van der Waals surface area contributed by atoms with Gasteiger partial charge >= 0.3 is 0 Å². The molecule has 2 aromatic heterocycles. The summed E-state index contributed by atoms with van der Waals surface area (Å²) in [6.07, 6.45) is 3.97. The molecule has 0 bridgehead atoms. The molecule has 0 radical (unpaired) electrons. The van der Waals surface area contributed by atoms with Crippen LogP contribution in [0, 0.1) is 5.92 Å². The first kappa shape index (κ1) is 19.4. The summed E-state index contributed by atoms with van der Waals surface area (Å²) < 4.78 is 0.941. The van der Waals surface area contributed by atoms with Gasteiger partial charge in [0.05, 0.1) is 5.75 Å². The van der Waals surface area contributed by atoms with Crippen molar-refractivity contribution in [2.45, 2.75) is 24.8 Å². The lowest BCUT2D eigenvalue weighted by Gasteiger charge is -2.30. The zero-order valence-electron chi connectivity index (χ0n) is 15.4. The van der Waals surface area contributed by atoms with E-state index >= 15 is 0 Å². The number of hydrogen-bond acceptors (Lipinski definition) is 7. The number of anilines is 2. The molecule has 1 aliphatic rings. The molecule has 1 atom stereocenters. The zero-order valence-corrected chi connectivity index (χ0v) is 17.8. The SMILES string of the molecule is CC1CCCN(c2nc3ncnc(SCC(=O)Nc4cccc(Cl)c4)c3s2)C1. The average Bonchev–Trinajstić information content (AvgIpc) is 3.11. The van der Waals surface area contributed by atoms with Crippen LogP contribution in [0.1, 0.15) is 19.8 Å². The Morgan fingerprint density at radius 3 is 3.14 bits per heavy atom. The Labute approximate surface area is 176 Å². The van der Waals surface area contributed by atoms with E-state index in [1.807, 2.05) is 6.07 Å². The monoisotopic (exact) mass is 433 g/mol. The highest BCUT2D eigenvalue weighted by Gasteiger charge is 2.21. The van der Waals surface area contributed by atoms with E-state index in [1.165, 1.54) is 30.9 Å². The van der Waals surface area contributed by atoms with Crippen LogP contribution in [0.15, 0.2) is 35.6 Å². The van der Waals surface area contributed by atoms with Crippen LogP contribution in [-0.4, -0.2) is 39.7 Å². The molecule has 0 aliphatic carbocycles. The van der Waals surface area contributed by atoms with E-state index in [4.69, 9.17) is 16.6 Å². The molecule has 0 saturated carbocycles. The second-order valence-electron chi connectivity index (χ2n) is 6.87. The molecule has 3 aromatic rings. The molecule has 1 amide bonds. The highest BCUT2D eigenvalue weighted by Crippen LogP contribution is 2.35. The Bertz CT molecular complexity index is 995. The summed E-state index contributed by atoms with van der Waals surface area (Å²) in [6, 6.07) is 7.11. The number of carbonyl (C=O) groups is 1. The smallest absolute Gasteiger partial charge is 0.234 e. The van der Waals surface area contributed by atoms with Crippen molar-refractivity contribution in [1.82, 2.24) is 15.0 Å². The second kappa shape index (κ2) is 8.63. The van der Waals surface area contributed by atoms with Crippen molar-refractivity contribution in [3.8, 4) is 0 Å². The van der Waals surface area contributed by atoms with Gasteiger partial charge in [-0.25, -0.2) is 9.97 Å². The van der Waals surface area contributed by atoms with Gasteiger partial charge in [0.2, 0.25) is 5.91 Å². The number of hydrogen-bond donors (Lipinski definition) is 1. The number of carbonyl (C=O) groups excluding carboxylic acids is 1. The molecule has 146 valence electrons. The molecule has 3 heterocycles. The molecular formula is C19H20ClN5OS2. The number of thioether (sulfide) groups is 1. The molecule has 1 N–H and O–H groups in total. The number of piperidine rings is 1. The van der Waals surface area contributed by atoms with E-state index in [0.29, 0.717) is 22.3 Å². The highest BCUT2D eigenvalue weighted by atomic mass is 35.5. The number of halogens is 1. The topological polar surface area (TPSA) is 71.0 Å². The van der Waals surface area contributed by atoms with Crippen molar-refractivity contribution < 1.29 is 4.79 Å². The third-order valence-corrected chi connectivity index (χ3v) is 6.99. The van der Waals surface area contributed by atoms with E-state index in [1.54, 1.807) is 29.5 Å². The van der Waals surface area contributed by atoms with Crippen molar-refractivity contribution in [2.75, 3.05) is 29.1 Å². The number of fused-ring (bicyclic) bond motifs is 1. The summed E-state index contributed by atoms with van der Waals surface area (Å²) in [5, 5.41) is 5.23. The lowest BCUT2D eigenvalue weighted by molar-refractivity contribution is -0.113. The molecule has 6 nitrogen and oxygen atoms in total. The fraction of sp³-hybridized carbons (Fsp3) is 0.368. The first-order chi connectivity index (χ1) is 13.6. The number of aromatic nitrogens is 3. The van der Waals surface area contributed by atoms with Crippen molar-refractivity contribution >= 4 is 61.8 Å². The minimum Gasteiger partial charge on any atom is -0.348 e. The van der Waals surface area contributed by atoms with Crippen molar-refractivity contribution in [2.24, 2.45) is 5.92 Å². The Morgan fingerprint density at radius 2 is 2.32 bits per heavy atom. The van der Waals surface area contributed by atoms with Crippen molar-refractivity contribution in [1.29, 1.82) is 0 Å². The summed E-state index contributed by atoms with van der Waals surface area (Å²) in [5.74, 6) is 0.830. The normalized spacial score (nSPS) is 17.1. The van der Waals surface area contributed by atoms with Gasteiger partial charge in [0, 0.05) is 23.8 Å². The fourth-order valence-corrected chi connectivity index (χ4v) is 5.34. The van der Waals surface area contributed by atoms with Crippen molar-refractivity contribution in [3.05, 3.63) is 35.6 Å². The summed E-state index contributed by atoms with van der Waals surface area (Å²) in [5.41, 5.74) is 1.39. The maximum atomic E-state index is 12.3. The summed E-state index contributed by atoms with van der Waals surface area (Å²) in [6.45, 7) is 4.33. The zero-order chi connectivity index (χ0) is 19.5. The Morgan fingerprint density at radius 1 is 1.43 bits per heavy atom. The van der Waals surface area contributed by atoms with E-state index in [0.717, 1.165) is 27.9 Å². The van der Waals surface area contributed by atoms with Gasteiger partial charge < -0.3 is 10.2 Å². The van der Waals surface area contributed by atoms with Gasteiger partial charge in [0.25, 0.3) is 0 Å². The summed E-state index contributed by atoms with van der Waals surface area (Å²) in [7, 11) is 0. The van der Waals surface area contributed by atoms with E-state index in [9.17, 15) is 4.79 Å². The standard InChI is InChI=1S/C19H20ClN5OS2/c1-12-4-3-7-25(9-12)19-24-17-16(28-19)18(22-11-21-17)27-10-15(26)23-14-6-2-5-13(20)8-14/h2,5-6,8,11-12H,3-4,7,9-10H2,1H3,(H,23,26). The molecule has 1 aliphatic heterocycles. The van der Waals surface area contributed by atoms with Crippen LogP contribution >= 0.6 is 34.7 Å². The largest absolute Gasteiger partial charge is 0.348 e. The minimum absolute atomic E-state index is 0.103. The van der Waals surface area contributed by atoms with Crippen LogP contribution in [0.2, 0.25) is 5.02 Å². The summed E-state index contributed by atoms with van der Waals surface area (Å²) >= 11 is 8.97. The molecule has 1 unspecified atom stereocenters. The van der Waals surface area contributed by atoms with E-state index in [2.05, 4.69) is 27.1 Å². The predicted molar refractivity (Wildman–Crippen MR) is 117 cm³/mol. The lowest BCUT2D eigenvalue weighted by Crippen LogP contribution is -2.34. The van der Waals surface area contributed by atoms with Gasteiger partial charge in [-0.05, 0) is 37.0 Å². The molecule has 0 spiro atoms. The molecule has 1 saturated heterocycles. The minimum atomic E-state index is -0.103. The number of nitrogens with zero attached hydrogens (tertiary/aromatic N) is 4. The number of amides is 1. The molecule has 9 heteroatoms. The number of nitrogens with one attached hydrogen (secondary N) is 1. The third kappa shape index (κ3) is 4.56. The van der Waals surface area contributed by atoms with Crippen LogP contribution in [0.3, 0.4) is 0 Å². The summed E-state index contributed by atoms with van der Waals surface area (Å²) in [4.78, 5) is 28.0. The molecule has 4 rings (SSSR count). The van der Waals surface area contributed by atoms with Gasteiger partial charge in [-0.2, -0.15) is 4.98 Å². The number of rotatable bonds is 5. The molecule has 1 fully saturated rings. The molecule has 1 aromatic carbocycles. The van der Waals surface area contributed by atoms with Gasteiger partial charge in [0.1, 0.15) is 16.1 Å². The van der Waals surface area contributed by atoms with Crippen LogP contribution < -0.4 is 10.2 Å². The van der Waals surface area contributed by atoms with Crippen LogP contribution in [0.4, 0.5) is 10.8 Å². The van der Waals surface area contributed by atoms with Gasteiger partial charge in [-0.3, -0.25) is 4.79 Å². The number of thiazole rings is 1. The third-order valence-electron chi connectivity index (χ3n) is 4.52. The Balaban J connectivity index is 1.45. The predicted octanol–water partition coefficient (Wildman–Crippen LogP) is 4.71. The second-order valence-corrected chi connectivity index (χ2v) is 9.25. The Kier molecular flexibility index (Phi) is 5.99. The Hall–Kier alpha value is -1.90. The fourth-order valence-electron chi connectivity index (χ4n) is 3.22. The van der Waals surface area contributed by atoms with Gasteiger partial charge in [0.15, 0.2) is 10.8 Å². The van der Waals surface area contributed by atoms with E-state index in [-0.39, 0.29) is 11.7 Å². The number of benzene rings is 1. The lowest BCUT2D eigenvalue weighted by atomic mass is 10.0.